The maximum absolute atomic E-state index is 13.7. The van der Waals surface area contributed by atoms with Crippen LogP contribution in [0.3, 0.4) is 0 Å². The molecule has 9 heteroatoms. The summed E-state index contributed by atoms with van der Waals surface area (Å²) in [6.07, 6.45) is 1.92. The third-order valence-electron chi connectivity index (χ3n) is 6.20. The quantitative estimate of drug-likeness (QED) is 0.333. The van der Waals surface area contributed by atoms with Gasteiger partial charge in [-0.05, 0) is 54.2 Å². The summed E-state index contributed by atoms with van der Waals surface area (Å²) < 4.78 is 30.9. The van der Waals surface area contributed by atoms with Crippen molar-refractivity contribution in [2.24, 2.45) is 5.92 Å². The van der Waals surface area contributed by atoms with Gasteiger partial charge in [0.25, 0.3) is 5.56 Å². The van der Waals surface area contributed by atoms with E-state index in [4.69, 9.17) is 0 Å². The first-order valence-electron chi connectivity index (χ1n) is 11.9. The van der Waals surface area contributed by atoms with Crippen LogP contribution in [0.25, 0.3) is 16.9 Å². The number of ketones is 1. The molecule has 0 aliphatic carbocycles. The van der Waals surface area contributed by atoms with Gasteiger partial charge in [-0.15, -0.1) is 0 Å². The highest BCUT2D eigenvalue weighted by molar-refractivity contribution is 5.96. The molecule has 7 nitrogen and oxygen atoms in total. The smallest absolute Gasteiger partial charge is 0.317 e. The summed E-state index contributed by atoms with van der Waals surface area (Å²) in [5.41, 5.74) is 0.754. The van der Waals surface area contributed by atoms with E-state index in [1.807, 2.05) is 26.0 Å². The van der Waals surface area contributed by atoms with Crippen LogP contribution in [0.4, 0.5) is 8.78 Å². The van der Waals surface area contributed by atoms with Gasteiger partial charge in [-0.2, -0.15) is 0 Å². The lowest BCUT2D eigenvalue weighted by Gasteiger charge is -2.14. The van der Waals surface area contributed by atoms with E-state index in [0.717, 1.165) is 17.7 Å². The fourth-order valence-electron chi connectivity index (χ4n) is 4.04. The van der Waals surface area contributed by atoms with E-state index in [-0.39, 0.29) is 35.7 Å². The number of hydrogen-bond acceptors (Lipinski definition) is 4. The summed E-state index contributed by atoms with van der Waals surface area (Å²) in [6.45, 7) is 8.01. The SMILES string of the molecule is CC(C)CCn1c(=O)c2c(ncn2CC(=O)c2ccc(F)c(F)c2)n(-c2ccc(C(C)C)cc2)c1=O. The first-order valence-corrected chi connectivity index (χ1v) is 11.9. The van der Waals surface area contributed by atoms with Crippen LogP contribution < -0.4 is 11.2 Å². The lowest BCUT2D eigenvalue weighted by Crippen LogP contribution is -2.40. The Hall–Kier alpha value is -3.88. The van der Waals surface area contributed by atoms with Crippen molar-refractivity contribution in [3.8, 4) is 5.69 Å². The summed E-state index contributed by atoms with van der Waals surface area (Å²) in [7, 11) is 0. The molecule has 4 aromatic rings. The molecule has 2 aromatic carbocycles. The van der Waals surface area contributed by atoms with E-state index in [0.29, 0.717) is 18.0 Å². The monoisotopic (exact) mass is 494 g/mol. The minimum Gasteiger partial charge on any atom is -0.317 e. The number of fused-ring (bicyclic) bond motifs is 1. The summed E-state index contributed by atoms with van der Waals surface area (Å²) in [4.78, 5) is 44.1. The van der Waals surface area contributed by atoms with Crippen molar-refractivity contribution in [3.05, 3.63) is 92.4 Å². The topological polar surface area (TPSA) is 78.9 Å². The molecule has 0 aliphatic heterocycles. The fraction of sp³-hybridized carbons (Fsp3) is 0.333. The molecule has 0 amide bonds. The summed E-state index contributed by atoms with van der Waals surface area (Å²) in [5, 5.41) is 0. The lowest BCUT2D eigenvalue weighted by atomic mass is 10.0. The molecule has 0 saturated carbocycles. The number of hydrogen-bond donors (Lipinski definition) is 0. The minimum atomic E-state index is -1.13. The van der Waals surface area contributed by atoms with Gasteiger partial charge in [0.2, 0.25) is 0 Å². The maximum Gasteiger partial charge on any atom is 0.337 e. The highest BCUT2D eigenvalue weighted by Crippen LogP contribution is 2.19. The standard InChI is InChI=1S/C27H28F2N4O3/c1-16(2)11-12-32-26(35)24-25(33(27(32)36)20-8-5-18(6-9-20)17(3)4)30-15-31(24)14-23(34)19-7-10-21(28)22(29)13-19/h5-10,13,15-17H,11-12,14H2,1-4H3. The number of carbonyl (C=O) groups is 1. The van der Waals surface area contributed by atoms with Gasteiger partial charge in [0, 0.05) is 12.1 Å². The largest absolute Gasteiger partial charge is 0.337 e. The molecule has 36 heavy (non-hydrogen) atoms. The first-order chi connectivity index (χ1) is 17.1. The Bertz CT molecular complexity index is 1550. The molecule has 188 valence electrons. The van der Waals surface area contributed by atoms with Gasteiger partial charge in [0.05, 0.1) is 18.6 Å². The van der Waals surface area contributed by atoms with E-state index in [2.05, 4.69) is 18.8 Å². The predicted molar refractivity (Wildman–Crippen MR) is 134 cm³/mol. The molecule has 4 rings (SSSR count). The number of nitrogens with zero attached hydrogens (tertiary/aromatic N) is 4. The maximum atomic E-state index is 13.7. The van der Waals surface area contributed by atoms with E-state index >= 15 is 0 Å². The summed E-state index contributed by atoms with van der Waals surface area (Å²) in [5.74, 6) is -2.16. The van der Waals surface area contributed by atoms with E-state index in [1.54, 1.807) is 12.1 Å². The second-order valence-corrected chi connectivity index (χ2v) is 9.60. The van der Waals surface area contributed by atoms with Crippen molar-refractivity contribution in [1.29, 1.82) is 0 Å². The zero-order valence-corrected chi connectivity index (χ0v) is 20.7. The van der Waals surface area contributed by atoms with Gasteiger partial charge in [-0.25, -0.2) is 23.1 Å². The predicted octanol–water partition coefficient (Wildman–Crippen LogP) is 4.68. The van der Waals surface area contributed by atoms with Crippen LogP contribution in [-0.2, 0) is 13.1 Å². The molecule has 2 aromatic heterocycles. The molecule has 0 saturated heterocycles. The molecule has 0 radical (unpaired) electrons. The number of Topliss-reactive ketones (excluding diaryl/α,β-unsaturated/α-hetero) is 1. The highest BCUT2D eigenvalue weighted by Gasteiger charge is 2.21. The zero-order chi connectivity index (χ0) is 26.1. The van der Waals surface area contributed by atoms with Gasteiger partial charge in [0.15, 0.2) is 28.6 Å². The Labute approximate surface area is 206 Å². The van der Waals surface area contributed by atoms with Crippen LogP contribution in [0.1, 0.15) is 56.0 Å². The third kappa shape index (κ3) is 4.78. The van der Waals surface area contributed by atoms with Gasteiger partial charge >= 0.3 is 5.69 Å². The summed E-state index contributed by atoms with van der Waals surface area (Å²) >= 11 is 0. The highest BCUT2D eigenvalue weighted by atomic mass is 19.2. The van der Waals surface area contributed by atoms with Gasteiger partial charge < -0.3 is 4.57 Å². The van der Waals surface area contributed by atoms with Crippen LogP contribution in [0.2, 0.25) is 0 Å². The van der Waals surface area contributed by atoms with Crippen molar-refractivity contribution >= 4 is 16.9 Å². The number of imidazole rings is 1. The summed E-state index contributed by atoms with van der Waals surface area (Å²) in [6, 6.07) is 10.3. The average molecular weight is 495 g/mol. The Morgan fingerprint density at radius 3 is 2.28 bits per heavy atom. The van der Waals surface area contributed by atoms with Crippen molar-refractivity contribution in [2.45, 2.75) is 53.1 Å². The van der Waals surface area contributed by atoms with Gasteiger partial charge in [-0.1, -0.05) is 39.8 Å². The minimum absolute atomic E-state index is 0.0338. The number of carbonyl (C=O) groups excluding carboxylic acids is 1. The van der Waals surface area contributed by atoms with Crippen molar-refractivity contribution in [3.63, 3.8) is 0 Å². The number of aromatic nitrogens is 4. The van der Waals surface area contributed by atoms with Crippen LogP contribution in [0.15, 0.2) is 58.4 Å². The average Bonchev–Trinajstić information content (AvgIpc) is 3.24. The molecule has 0 bridgehead atoms. The normalized spacial score (nSPS) is 11.7. The Balaban J connectivity index is 1.87. The third-order valence-corrected chi connectivity index (χ3v) is 6.20. The second-order valence-electron chi connectivity index (χ2n) is 9.60. The molecule has 2 heterocycles. The zero-order valence-electron chi connectivity index (χ0n) is 20.7. The fourth-order valence-corrected chi connectivity index (χ4v) is 4.04. The van der Waals surface area contributed by atoms with Crippen LogP contribution in [0.5, 0.6) is 0 Å². The van der Waals surface area contributed by atoms with E-state index in [1.165, 1.54) is 26.1 Å². The Morgan fingerprint density at radius 1 is 0.972 bits per heavy atom. The van der Waals surface area contributed by atoms with Crippen molar-refractivity contribution < 1.29 is 13.6 Å². The Morgan fingerprint density at radius 2 is 1.67 bits per heavy atom. The van der Waals surface area contributed by atoms with Crippen LogP contribution in [-0.4, -0.2) is 24.5 Å². The van der Waals surface area contributed by atoms with Gasteiger partial charge in [-0.3, -0.25) is 14.2 Å². The molecule has 0 spiro atoms. The number of benzene rings is 2. The molecular weight excluding hydrogens is 466 g/mol. The molecule has 0 N–H and O–H groups in total. The number of rotatable bonds is 8. The van der Waals surface area contributed by atoms with Gasteiger partial charge in [0.1, 0.15) is 0 Å². The van der Waals surface area contributed by atoms with E-state index in [9.17, 15) is 23.2 Å². The van der Waals surface area contributed by atoms with Crippen LogP contribution >= 0.6 is 0 Å². The molecular formula is C27H28F2N4O3. The van der Waals surface area contributed by atoms with Crippen molar-refractivity contribution in [1.82, 2.24) is 18.7 Å². The number of halogens is 2. The molecule has 0 fully saturated rings. The molecule has 0 unspecified atom stereocenters. The second kappa shape index (κ2) is 10.0. The van der Waals surface area contributed by atoms with Crippen molar-refractivity contribution in [2.75, 3.05) is 0 Å². The lowest BCUT2D eigenvalue weighted by molar-refractivity contribution is 0.0972. The van der Waals surface area contributed by atoms with Crippen LogP contribution in [0, 0.1) is 17.6 Å². The molecule has 0 atom stereocenters. The molecule has 0 aliphatic rings. The van der Waals surface area contributed by atoms with E-state index < -0.39 is 28.7 Å². The Kier molecular flexibility index (Phi) is 7.01. The first kappa shape index (κ1) is 25.2.